The summed E-state index contributed by atoms with van der Waals surface area (Å²) in [6, 6.07) is 8.07. The SMILES string of the molecule is C=CCOc1ccc(CN(C)[C@H](C)c2nc3sc4c(c3c(=O)[nH]2)CC[C@H](C)C4)cc1. The first-order valence-electron chi connectivity index (χ1n) is 10.5. The van der Waals surface area contributed by atoms with Crippen LogP contribution in [0.25, 0.3) is 10.2 Å². The molecule has 2 aromatic heterocycles. The van der Waals surface area contributed by atoms with Gasteiger partial charge >= 0.3 is 0 Å². The number of aryl methyl sites for hydroxylation is 1. The van der Waals surface area contributed by atoms with Gasteiger partial charge in [-0.2, -0.15) is 0 Å². The molecule has 0 fully saturated rings. The van der Waals surface area contributed by atoms with Gasteiger partial charge in [-0.15, -0.1) is 11.3 Å². The summed E-state index contributed by atoms with van der Waals surface area (Å²) in [5.74, 6) is 2.25. The second-order valence-electron chi connectivity index (χ2n) is 8.32. The van der Waals surface area contributed by atoms with Crippen LogP contribution in [0.5, 0.6) is 5.75 Å². The van der Waals surface area contributed by atoms with Gasteiger partial charge in [-0.1, -0.05) is 31.7 Å². The van der Waals surface area contributed by atoms with Crippen molar-refractivity contribution in [1.29, 1.82) is 0 Å². The highest BCUT2D eigenvalue weighted by molar-refractivity contribution is 7.18. The van der Waals surface area contributed by atoms with Gasteiger partial charge in [-0.3, -0.25) is 9.69 Å². The Bertz CT molecular complexity index is 1100. The highest BCUT2D eigenvalue weighted by atomic mass is 32.1. The standard InChI is InChI=1S/C24H29N3O2S/c1-5-12-29-18-9-7-17(8-10-18)14-27(4)16(3)22-25-23(28)21-19-11-6-15(2)13-20(19)30-24(21)26-22/h5,7-10,15-16H,1,6,11-14H2,2-4H3,(H,25,26,28)/t15-,16+/m0/s1. The van der Waals surface area contributed by atoms with E-state index >= 15 is 0 Å². The smallest absolute Gasteiger partial charge is 0.259 e. The quantitative estimate of drug-likeness (QED) is 0.551. The molecule has 30 heavy (non-hydrogen) atoms. The van der Waals surface area contributed by atoms with Crippen LogP contribution >= 0.6 is 11.3 Å². The van der Waals surface area contributed by atoms with Crippen LogP contribution in [0.15, 0.2) is 41.7 Å². The number of hydrogen-bond acceptors (Lipinski definition) is 5. The van der Waals surface area contributed by atoms with Crippen LogP contribution in [-0.2, 0) is 19.4 Å². The third-order valence-corrected chi connectivity index (χ3v) is 7.11. The van der Waals surface area contributed by atoms with E-state index < -0.39 is 0 Å². The van der Waals surface area contributed by atoms with Gasteiger partial charge in [0, 0.05) is 11.4 Å². The molecule has 0 amide bonds. The Morgan fingerprint density at radius 2 is 2.17 bits per heavy atom. The summed E-state index contributed by atoms with van der Waals surface area (Å²) < 4.78 is 5.55. The fourth-order valence-corrected chi connectivity index (χ4v) is 5.43. The zero-order valence-corrected chi connectivity index (χ0v) is 18.7. The van der Waals surface area contributed by atoms with Crippen molar-refractivity contribution in [2.75, 3.05) is 13.7 Å². The lowest BCUT2D eigenvalue weighted by atomic mass is 9.89. The van der Waals surface area contributed by atoms with Crippen LogP contribution in [0, 0.1) is 5.92 Å². The first kappa shape index (κ1) is 20.8. The molecule has 1 aromatic carbocycles. The predicted octanol–water partition coefficient (Wildman–Crippen LogP) is 4.87. The summed E-state index contributed by atoms with van der Waals surface area (Å²) in [6.45, 7) is 9.29. The zero-order valence-electron chi connectivity index (χ0n) is 17.9. The third kappa shape index (κ3) is 4.20. The maximum absolute atomic E-state index is 12.9. The molecule has 6 heteroatoms. The van der Waals surface area contributed by atoms with Crippen LogP contribution in [-0.4, -0.2) is 28.5 Å². The van der Waals surface area contributed by atoms with Gasteiger partial charge in [0.1, 0.15) is 23.0 Å². The van der Waals surface area contributed by atoms with E-state index in [1.807, 2.05) is 12.1 Å². The molecule has 0 unspecified atom stereocenters. The lowest BCUT2D eigenvalue weighted by Crippen LogP contribution is -2.26. The molecule has 4 rings (SSSR count). The van der Waals surface area contributed by atoms with Gasteiger partial charge in [-0.05, 0) is 62.4 Å². The lowest BCUT2D eigenvalue weighted by molar-refractivity contribution is 0.244. The molecule has 0 radical (unpaired) electrons. The van der Waals surface area contributed by atoms with E-state index in [1.165, 1.54) is 16.0 Å². The molecule has 3 aromatic rings. The molecular weight excluding hydrogens is 394 g/mol. The van der Waals surface area contributed by atoms with E-state index in [1.54, 1.807) is 17.4 Å². The van der Waals surface area contributed by atoms with Crippen LogP contribution in [0.4, 0.5) is 0 Å². The Hall–Kier alpha value is -2.44. The minimum Gasteiger partial charge on any atom is -0.490 e. The van der Waals surface area contributed by atoms with E-state index in [4.69, 9.17) is 9.72 Å². The molecule has 0 spiro atoms. The lowest BCUT2D eigenvalue weighted by Gasteiger charge is -2.24. The summed E-state index contributed by atoms with van der Waals surface area (Å²) in [7, 11) is 2.05. The van der Waals surface area contributed by atoms with Crippen molar-refractivity contribution in [3.05, 3.63) is 69.1 Å². The second-order valence-corrected chi connectivity index (χ2v) is 9.40. The van der Waals surface area contributed by atoms with Crippen molar-refractivity contribution in [2.24, 2.45) is 5.92 Å². The number of thiophene rings is 1. The average molecular weight is 424 g/mol. The average Bonchev–Trinajstić information content (AvgIpc) is 3.10. The topological polar surface area (TPSA) is 58.2 Å². The van der Waals surface area contributed by atoms with Crippen LogP contribution in [0.2, 0.25) is 0 Å². The maximum atomic E-state index is 12.9. The summed E-state index contributed by atoms with van der Waals surface area (Å²) >= 11 is 1.70. The number of ether oxygens (including phenoxy) is 1. The highest BCUT2D eigenvalue weighted by Crippen LogP contribution is 2.36. The van der Waals surface area contributed by atoms with Crippen LogP contribution < -0.4 is 10.3 Å². The first-order chi connectivity index (χ1) is 14.5. The van der Waals surface area contributed by atoms with E-state index in [0.717, 1.165) is 47.6 Å². The number of aromatic amines is 1. The van der Waals surface area contributed by atoms with Crippen molar-refractivity contribution in [3.8, 4) is 5.75 Å². The van der Waals surface area contributed by atoms with Crippen LogP contribution in [0.3, 0.4) is 0 Å². The number of nitrogens with one attached hydrogen (secondary N) is 1. The number of hydrogen-bond donors (Lipinski definition) is 1. The Morgan fingerprint density at radius 3 is 2.90 bits per heavy atom. The Kier molecular flexibility index (Phi) is 6.06. The van der Waals surface area contributed by atoms with E-state index in [2.05, 4.69) is 49.5 Å². The molecule has 5 nitrogen and oxygen atoms in total. The molecule has 158 valence electrons. The van der Waals surface area contributed by atoms with Crippen LogP contribution in [0.1, 0.15) is 48.1 Å². The number of nitrogens with zero attached hydrogens (tertiary/aromatic N) is 2. The molecule has 2 heterocycles. The number of rotatable bonds is 7. The van der Waals surface area contributed by atoms with Gasteiger partial charge in [0.05, 0.1) is 11.4 Å². The Morgan fingerprint density at radius 1 is 1.40 bits per heavy atom. The monoisotopic (exact) mass is 423 g/mol. The summed E-state index contributed by atoms with van der Waals surface area (Å²) in [5.41, 5.74) is 2.42. The van der Waals surface area contributed by atoms with E-state index in [-0.39, 0.29) is 11.6 Å². The van der Waals surface area contributed by atoms with E-state index in [9.17, 15) is 4.79 Å². The van der Waals surface area contributed by atoms with Gasteiger partial charge in [-0.25, -0.2) is 4.98 Å². The minimum atomic E-state index is -0.00292. The highest BCUT2D eigenvalue weighted by Gasteiger charge is 2.24. The van der Waals surface area contributed by atoms with Crippen molar-refractivity contribution < 1.29 is 4.74 Å². The predicted molar refractivity (Wildman–Crippen MR) is 123 cm³/mol. The molecule has 1 N–H and O–H groups in total. The normalized spacial score (nSPS) is 17.1. The molecule has 1 aliphatic carbocycles. The van der Waals surface area contributed by atoms with Crippen molar-refractivity contribution in [1.82, 2.24) is 14.9 Å². The third-order valence-electron chi connectivity index (χ3n) is 5.96. The molecule has 2 atom stereocenters. The minimum absolute atomic E-state index is 0.00292. The largest absolute Gasteiger partial charge is 0.490 e. The number of H-pyrrole nitrogens is 1. The van der Waals surface area contributed by atoms with Crippen molar-refractivity contribution in [3.63, 3.8) is 0 Å². The van der Waals surface area contributed by atoms with E-state index in [0.29, 0.717) is 12.5 Å². The van der Waals surface area contributed by atoms with Gasteiger partial charge in [0.25, 0.3) is 5.56 Å². The zero-order chi connectivity index (χ0) is 21.3. The Labute approximate surface area is 181 Å². The van der Waals surface area contributed by atoms with Gasteiger partial charge in [0.2, 0.25) is 0 Å². The van der Waals surface area contributed by atoms with Crippen molar-refractivity contribution in [2.45, 2.75) is 45.7 Å². The molecule has 1 aliphatic rings. The molecular formula is C24H29N3O2S. The Balaban J connectivity index is 1.53. The number of benzene rings is 1. The summed E-state index contributed by atoms with van der Waals surface area (Å²) in [4.78, 5) is 25.3. The summed E-state index contributed by atoms with van der Waals surface area (Å²) in [5, 5.41) is 0.815. The molecule has 0 aliphatic heterocycles. The fraction of sp³-hybridized carbons (Fsp3) is 0.417. The molecule has 0 bridgehead atoms. The van der Waals surface area contributed by atoms with Gasteiger partial charge < -0.3 is 9.72 Å². The number of fused-ring (bicyclic) bond motifs is 3. The molecule has 0 saturated carbocycles. The fourth-order valence-electron chi connectivity index (χ4n) is 4.04. The van der Waals surface area contributed by atoms with Gasteiger partial charge in [0.15, 0.2) is 0 Å². The maximum Gasteiger partial charge on any atom is 0.259 e. The molecule has 0 saturated heterocycles. The summed E-state index contributed by atoms with van der Waals surface area (Å²) in [6.07, 6.45) is 4.94. The second kappa shape index (κ2) is 8.74. The van der Waals surface area contributed by atoms with Crippen molar-refractivity contribution >= 4 is 21.6 Å². The number of aromatic nitrogens is 2. The first-order valence-corrected chi connectivity index (χ1v) is 11.3.